The summed E-state index contributed by atoms with van der Waals surface area (Å²) in [4.78, 5) is 20.3. The van der Waals surface area contributed by atoms with Crippen molar-refractivity contribution in [2.45, 2.75) is 50.0 Å². The number of aliphatic carboxylic acids is 1. The molecule has 4 unspecified atom stereocenters. The fourth-order valence-corrected chi connectivity index (χ4v) is 7.72. The van der Waals surface area contributed by atoms with Gasteiger partial charge in [0.05, 0.1) is 17.0 Å². The van der Waals surface area contributed by atoms with Crippen molar-refractivity contribution < 1.29 is 31.5 Å². The molecule has 12 heteroatoms. The van der Waals surface area contributed by atoms with Gasteiger partial charge in [0.1, 0.15) is 11.5 Å². The Balaban J connectivity index is 1.48. The smallest absolute Gasteiger partial charge is 0.308 e. The van der Waals surface area contributed by atoms with Crippen LogP contribution in [0.3, 0.4) is 0 Å². The molecule has 3 aliphatic rings. The van der Waals surface area contributed by atoms with E-state index in [9.17, 15) is 22.7 Å². The summed E-state index contributed by atoms with van der Waals surface area (Å²) in [7, 11) is -4.24. The van der Waals surface area contributed by atoms with E-state index in [0.717, 1.165) is 60.1 Å². The number of pyridine rings is 2. The van der Waals surface area contributed by atoms with Crippen molar-refractivity contribution in [3.8, 4) is 11.3 Å². The molecule has 8 nitrogen and oxygen atoms in total. The average molecular weight is 585 g/mol. The van der Waals surface area contributed by atoms with E-state index in [-0.39, 0.29) is 39.1 Å². The first-order valence-electron chi connectivity index (χ1n) is 13.4. The number of fused-ring (bicyclic) bond motifs is 5. The summed E-state index contributed by atoms with van der Waals surface area (Å²) in [6, 6.07) is 7.08. The summed E-state index contributed by atoms with van der Waals surface area (Å²) in [5.41, 5.74) is 0.149. The van der Waals surface area contributed by atoms with Gasteiger partial charge in [0.25, 0.3) is 10.0 Å². The van der Waals surface area contributed by atoms with Gasteiger partial charge in [-0.05, 0) is 62.6 Å². The first kappa shape index (κ1) is 27.3. The number of carboxylic acids is 1. The standard InChI is InChI=1S/C29H27F3N4O4S/c1-15-5-9-19(10-6-15)41(39,40)36-14-21(20-11-18(30)13-33-28(20)36)26-22(31)12-23(32)27(35-26)34-25-17-4-2-3-16(7-8-17)24(25)29(37)38/h5-6,9-14,16-17,24-25H,2-4,7-8H2,1H3,(H,34,35)(H,37,38). The van der Waals surface area contributed by atoms with E-state index in [0.29, 0.717) is 6.07 Å². The lowest BCUT2D eigenvalue weighted by Crippen LogP contribution is -2.46. The van der Waals surface area contributed by atoms with Gasteiger partial charge < -0.3 is 10.4 Å². The van der Waals surface area contributed by atoms with Crippen LogP contribution in [0.15, 0.2) is 53.7 Å². The highest BCUT2D eigenvalue weighted by molar-refractivity contribution is 7.90. The topological polar surface area (TPSA) is 114 Å². The van der Waals surface area contributed by atoms with Crippen LogP contribution in [-0.4, -0.2) is 39.5 Å². The van der Waals surface area contributed by atoms with Crippen molar-refractivity contribution in [2.24, 2.45) is 17.8 Å². The Labute approximate surface area is 234 Å². The fourth-order valence-electron chi connectivity index (χ4n) is 6.39. The van der Waals surface area contributed by atoms with Gasteiger partial charge in [-0.3, -0.25) is 4.79 Å². The number of aryl methyl sites for hydroxylation is 1. The second-order valence-corrected chi connectivity index (χ2v) is 12.7. The molecule has 0 aliphatic heterocycles. The van der Waals surface area contributed by atoms with Crippen LogP contribution >= 0.6 is 0 Å². The Kier molecular flexibility index (Phi) is 6.75. The summed E-state index contributed by atoms with van der Waals surface area (Å²) >= 11 is 0. The molecule has 4 atom stereocenters. The van der Waals surface area contributed by atoms with E-state index in [2.05, 4.69) is 15.3 Å². The maximum absolute atomic E-state index is 15.3. The van der Waals surface area contributed by atoms with Gasteiger partial charge >= 0.3 is 5.97 Å². The molecule has 3 heterocycles. The van der Waals surface area contributed by atoms with E-state index in [4.69, 9.17) is 0 Å². The molecule has 4 aromatic rings. The normalized spacial score (nSPS) is 22.5. The van der Waals surface area contributed by atoms with Crippen molar-refractivity contribution in [3.63, 3.8) is 0 Å². The van der Waals surface area contributed by atoms with Crippen LogP contribution in [0.1, 0.15) is 37.7 Å². The van der Waals surface area contributed by atoms with E-state index in [1.807, 2.05) is 0 Å². The van der Waals surface area contributed by atoms with E-state index in [1.165, 1.54) is 12.1 Å². The number of nitrogens with zero attached hydrogens (tertiary/aromatic N) is 3. The lowest BCUT2D eigenvalue weighted by atomic mass is 9.71. The third kappa shape index (κ3) is 4.73. The second-order valence-electron chi connectivity index (χ2n) is 10.9. The third-order valence-electron chi connectivity index (χ3n) is 8.39. The van der Waals surface area contributed by atoms with Crippen molar-refractivity contribution in [2.75, 3.05) is 5.32 Å². The summed E-state index contributed by atoms with van der Waals surface area (Å²) in [5, 5.41) is 12.9. The monoisotopic (exact) mass is 584 g/mol. The van der Waals surface area contributed by atoms with E-state index >= 15 is 8.78 Å². The van der Waals surface area contributed by atoms with Crippen LogP contribution in [0.4, 0.5) is 19.0 Å². The van der Waals surface area contributed by atoms with Crippen molar-refractivity contribution in [3.05, 3.63) is 71.8 Å². The Hall–Kier alpha value is -3.93. The number of carbonyl (C=O) groups is 1. The zero-order valence-corrected chi connectivity index (χ0v) is 22.8. The molecule has 2 N–H and O–H groups in total. The van der Waals surface area contributed by atoms with Crippen LogP contribution in [0.5, 0.6) is 0 Å². The third-order valence-corrected chi connectivity index (χ3v) is 10.1. The number of hydrogen-bond acceptors (Lipinski definition) is 6. The lowest BCUT2D eigenvalue weighted by molar-refractivity contribution is -0.145. The predicted octanol–water partition coefficient (Wildman–Crippen LogP) is 5.75. The average Bonchev–Trinajstić information content (AvgIpc) is 3.05. The number of halogens is 3. The summed E-state index contributed by atoms with van der Waals surface area (Å²) in [6.07, 6.45) is 5.92. The number of hydrogen-bond donors (Lipinski definition) is 2. The number of benzene rings is 1. The molecule has 41 heavy (non-hydrogen) atoms. The van der Waals surface area contributed by atoms with Gasteiger partial charge in [0, 0.05) is 29.3 Å². The minimum Gasteiger partial charge on any atom is -0.481 e. The zero-order chi connectivity index (χ0) is 29.1. The molecule has 2 bridgehead atoms. The highest BCUT2D eigenvalue weighted by Crippen LogP contribution is 2.45. The highest BCUT2D eigenvalue weighted by atomic mass is 32.2. The highest BCUT2D eigenvalue weighted by Gasteiger charge is 2.45. The molecular weight excluding hydrogens is 557 g/mol. The first-order chi connectivity index (χ1) is 19.5. The molecular formula is C29H27F3N4O4S. The molecule has 214 valence electrons. The molecule has 0 spiro atoms. The summed E-state index contributed by atoms with van der Waals surface area (Å²) < 4.78 is 72.7. The molecule has 0 saturated heterocycles. The molecule has 3 aliphatic carbocycles. The van der Waals surface area contributed by atoms with Gasteiger partial charge in [0.2, 0.25) is 0 Å². The van der Waals surface area contributed by atoms with Gasteiger partial charge in [-0.2, -0.15) is 0 Å². The predicted molar refractivity (Wildman–Crippen MR) is 145 cm³/mol. The molecule has 3 saturated carbocycles. The summed E-state index contributed by atoms with van der Waals surface area (Å²) in [6.45, 7) is 1.80. The van der Waals surface area contributed by atoms with Gasteiger partial charge in [-0.15, -0.1) is 0 Å². The number of anilines is 1. The minimum atomic E-state index is -4.24. The molecule has 0 amide bonds. The van der Waals surface area contributed by atoms with Gasteiger partial charge in [-0.25, -0.2) is 35.5 Å². The maximum atomic E-state index is 15.3. The second kappa shape index (κ2) is 10.2. The van der Waals surface area contributed by atoms with Gasteiger partial charge in [-0.1, -0.05) is 24.1 Å². The largest absolute Gasteiger partial charge is 0.481 e. The number of carboxylic acid groups (broad SMARTS) is 1. The quantitative estimate of drug-likeness (QED) is 0.297. The minimum absolute atomic E-state index is 0.0237. The molecule has 3 fully saturated rings. The van der Waals surface area contributed by atoms with Gasteiger partial charge in [0.15, 0.2) is 23.1 Å². The van der Waals surface area contributed by atoms with E-state index < -0.39 is 51.1 Å². The molecule has 3 aromatic heterocycles. The van der Waals surface area contributed by atoms with Crippen LogP contribution in [0.25, 0.3) is 22.3 Å². The van der Waals surface area contributed by atoms with Crippen molar-refractivity contribution in [1.29, 1.82) is 0 Å². The number of rotatable bonds is 6. The SMILES string of the molecule is Cc1ccc(S(=O)(=O)n2cc(-c3nc(NC4C5CCCC(CC5)C4C(=O)O)c(F)cc3F)c3cc(F)cnc32)cc1. The van der Waals surface area contributed by atoms with Crippen LogP contribution in [-0.2, 0) is 14.8 Å². The summed E-state index contributed by atoms with van der Waals surface area (Å²) in [5.74, 6) is -5.08. The number of nitrogens with one attached hydrogen (secondary N) is 1. The molecule has 0 radical (unpaired) electrons. The van der Waals surface area contributed by atoms with Crippen LogP contribution in [0, 0.1) is 42.1 Å². The van der Waals surface area contributed by atoms with Crippen LogP contribution in [0.2, 0.25) is 0 Å². The van der Waals surface area contributed by atoms with Crippen molar-refractivity contribution in [1.82, 2.24) is 13.9 Å². The molecule has 7 rings (SSSR count). The lowest BCUT2D eigenvalue weighted by Gasteiger charge is -2.39. The van der Waals surface area contributed by atoms with Crippen molar-refractivity contribution >= 4 is 32.8 Å². The Morgan fingerprint density at radius 3 is 2.46 bits per heavy atom. The first-order valence-corrected chi connectivity index (χ1v) is 14.8. The van der Waals surface area contributed by atoms with E-state index in [1.54, 1.807) is 19.1 Å². The number of aromatic nitrogens is 3. The zero-order valence-electron chi connectivity index (χ0n) is 22.0. The maximum Gasteiger partial charge on any atom is 0.308 e. The Morgan fingerprint density at radius 2 is 1.73 bits per heavy atom. The fraction of sp³-hybridized carbons (Fsp3) is 0.345. The Bertz CT molecular complexity index is 1770. The molecule has 1 aromatic carbocycles. The Morgan fingerprint density at radius 1 is 1.02 bits per heavy atom. The van der Waals surface area contributed by atoms with Crippen LogP contribution < -0.4 is 5.32 Å².